The fourth-order valence-corrected chi connectivity index (χ4v) is 5.49. The van der Waals surface area contributed by atoms with Gasteiger partial charge in [-0.3, -0.25) is 4.79 Å². The predicted molar refractivity (Wildman–Crippen MR) is 100 cm³/mol. The van der Waals surface area contributed by atoms with Gasteiger partial charge in [-0.25, -0.2) is 8.42 Å². The van der Waals surface area contributed by atoms with E-state index in [9.17, 15) is 13.2 Å². The fourth-order valence-electron chi connectivity index (χ4n) is 3.16. The smallest absolute Gasteiger partial charge is 0.272 e. The molecule has 25 heavy (non-hydrogen) atoms. The Morgan fingerprint density at radius 3 is 2.56 bits per heavy atom. The molecule has 2 heterocycles. The van der Waals surface area contributed by atoms with Crippen molar-refractivity contribution < 1.29 is 13.2 Å². The maximum absolute atomic E-state index is 12.9. The van der Waals surface area contributed by atoms with Crippen molar-refractivity contribution in [2.75, 3.05) is 18.4 Å². The van der Waals surface area contributed by atoms with Crippen LogP contribution in [0.4, 0.5) is 5.69 Å². The number of rotatable bonds is 4. The first kappa shape index (κ1) is 18.2. The third kappa shape index (κ3) is 3.51. The number of aromatic nitrogens is 1. The molecule has 2 N–H and O–H groups in total. The van der Waals surface area contributed by atoms with Crippen molar-refractivity contribution in [3.8, 4) is 0 Å². The largest absolute Gasteiger partial charge is 0.353 e. The quantitative estimate of drug-likeness (QED) is 0.786. The van der Waals surface area contributed by atoms with Crippen LogP contribution in [0.5, 0.6) is 0 Å². The molecule has 0 atom stereocenters. The van der Waals surface area contributed by atoms with Crippen molar-refractivity contribution in [3.63, 3.8) is 0 Å². The number of nitrogens with one attached hydrogen (secondary N) is 2. The molecule has 1 amide bonds. The van der Waals surface area contributed by atoms with Crippen molar-refractivity contribution in [1.29, 1.82) is 0 Å². The Bertz CT molecular complexity index is 915. The molecule has 1 aliphatic heterocycles. The van der Waals surface area contributed by atoms with Crippen LogP contribution in [0.15, 0.2) is 33.6 Å². The number of anilines is 1. The summed E-state index contributed by atoms with van der Waals surface area (Å²) >= 11 is 3.36. The average molecular weight is 426 g/mol. The van der Waals surface area contributed by atoms with Gasteiger partial charge in [0.2, 0.25) is 10.0 Å². The van der Waals surface area contributed by atoms with Gasteiger partial charge in [-0.05, 0) is 50.5 Å². The highest BCUT2D eigenvalue weighted by atomic mass is 79.9. The topological polar surface area (TPSA) is 82.3 Å². The van der Waals surface area contributed by atoms with Crippen molar-refractivity contribution in [2.24, 2.45) is 0 Å². The number of H-pyrrole nitrogens is 1. The van der Waals surface area contributed by atoms with E-state index in [-0.39, 0.29) is 16.5 Å². The highest BCUT2D eigenvalue weighted by molar-refractivity contribution is 9.10. The summed E-state index contributed by atoms with van der Waals surface area (Å²) in [6.45, 7) is 4.42. The Balaban J connectivity index is 1.92. The number of carbonyl (C=O) groups is 1. The van der Waals surface area contributed by atoms with E-state index in [2.05, 4.69) is 26.2 Å². The normalized spacial score (nSPS) is 15.5. The van der Waals surface area contributed by atoms with Gasteiger partial charge in [-0.1, -0.05) is 22.0 Å². The van der Waals surface area contributed by atoms with Gasteiger partial charge in [0.15, 0.2) is 0 Å². The minimum atomic E-state index is -3.58. The molecule has 2 aromatic rings. The summed E-state index contributed by atoms with van der Waals surface area (Å²) in [5.41, 5.74) is 1.85. The summed E-state index contributed by atoms with van der Waals surface area (Å²) in [5.74, 6) is -0.360. The molecule has 6 nitrogen and oxygen atoms in total. The van der Waals surface area contributed by atoms with Crippen LogP contribution < -0.4 is 5.32 Å². The zero-order valence-electron chi connectivity index (χ0n) is 14.1. The molecule has 1 fully saturated rings. The summed E-state index contributed by atoms with van der Waals surface area (Å²) in [7, 11) is -3.58. The van der Waals surface area contributed by atoms with Gasteiger partial charge in [0.1, 0.15) is 10.6 Å². The van der Waals surface area contributed by atoms with Crippen LogP contribution >= 0.6 is 15.9 Å². The van der Waals surface area contributed by atoms with Gasteiger partial charge in [-0.15, -0.1) is 0 Å². The summed E-state index contributed by atoms with van der Waals surface area (Å²) in [5, 5.41) is 2.79. The average Bonchev–Trinajstić information content (AvgIpc) is 3.16. The lowest BCUT2D eigenvalue weighted by Gasteiger charge is -2.16. The molecule has 0 unspecified atom stereocenters. The zero-order chi connectivity index (χ0) is 18.2. The van der Waals surface area contributed by atoms with Gasteiger partial charge in [0.25, 0.3) is 5.91 Å². The number of hydrogen-bond donors (Lipinski definition) is 2. The van der Waals surface area contributed by atoms with Crippen LogP contribution in [-0.4, -0.2) is 36.7 Å². The van der Waals surface area contributed by atoms with Crippen LogP contribution in [-0.2, 0) is 10.0 Å². The van der Waals surface area contributed by atoms with Crippen LogP contribution in [0.1, 0.15) is 34.6 Å². The SMILES string of the molecule is Cc1[nH]c(C(=O)Nc2cccc(Br)c2)c(C)c1S(=O)(=O)N1CCCC1. The highest BCUT2D eigenvalue weighted by Gasteiger charge is 2.33. The summed E-state index contributed by atoms with van der Waals surface area (Å²) in [6, 6.07) is 7.23. The Morgan fingerprint density at radius 2 is 1.92 bits per heavy atom. The number of carbonyl (C=O) groups excluding carboxylic acids is 1. The molecule has 0 bridgehead atoms. The number of aromatic amines is 1. The van der Waals surface area contributed by atoms with Crippen molar-refractivity contribution in [1.82, 2.24) is 9.29 Å². The van der Waals surface area contributed by atoms with E-state index < -0.39 is 10.0 Å². The lowest BCUT2D eigenvalue weighted by Crippen LogP contribution is -2.28. The number of nitrogens with zero attached hydrogens (tertiary/aromatic N) is 1. The fraction of sp³-hybridized carbons (Fsp3) is 0.353. The standard InChI is InChI=1S/C17H20BrN3O3S/c1-11-15(17(22)20-14-7-5-6-13(18)10-14)19-12(2)16(11)25(23,24)21-8-3-4-9-21/h5-7,10,19H,3-4,8-9H2,1-2H3,(H,20,22). The van der Waals surface area contributed by atoms with Gasteiger partial charge in [0.05, 0.1) is 0 Å². The molecular weight excluding hydrogens is 406 g/mol. The van der Waals surface area contributed by atoms with E-state index in [1.165, 1.54) is 4.31 Å². The molecule has 3 rings (SSSR count). The summed E-state index contributed by atoms with van der Waals surface area (Å²) < 4.78 is 28.1. The first-order valence-electron chi connectivity index (χ1n) is 8.07. The van der Waals surface area contributed by atoms with E-state index in [1.54, 1.807) is 26.0 Å². The lowest BCUT2D eigenvalue weighted by atomic mass is 10.2. The van der Waals surface area contributed by atoms with Crippen molar-refractivity contribution in [2.45, 2.75) is 31.6 Å². The Morgan fingerprint density at radius 1 is 1.24 bits per heavy atom. The second kappa shape index (κ2) is 6.93. The Kier molecular flexibility index (Phi) is 5.04. The van der Waals surface area contributed by atoms with Crippen LogP contribution in [0.25, 0.3) is 0 Å². The molecule has 0 aliphatic carbocycles. The van der Waals surface area contributed by atoms with Gasteiger partial charge >= 0.3 is 0 Å². The molecular formula is C17H20BrN3O3S. The second-order valence-electron chi connectivity index (χ2n) is 6.15. The van der Waals surface area contributed by atoms with Crippen molar-refractivity contribution in [3.05, 3.63) is 45.7 Å². The molecule has 0 spiro atoms. The first-order chi connectivity index (χ1) is 11.8. The summed E-state index contributed by atoms with van der Waals surface area (Å²) in [4.78, 5) is 15.8. The monoisotopic (exact) mass is 425 g/mol. The van der Waals surface area contributed by atoms with E-state index in [4.69, 9.17) is 0 Å². The third-order valence-corrected chi connectivity index (χ3v) is 7.01. The lowest BCUT2D eigenvalue weighted by molar-refractivity contribution is 0.102. The number of aryl methyl sites for hydroxylation is 1. The predicted octanol–water partition coefficient (Wildman–Crippen LogP) is 3.43. The van der Waals surface area contributed by atoms with Crippen LogP contribution in [0.2, 0.25) is 0 Å². The number of hydrogen-bond acceptors (Lipinski definition) is 3. The van der Waals surface area contributed by atoms with E-state index in [0.717, 1.165) is 17.3 Å². The van der Waals surface area contributed by atoms with Gasteiger partial charge in [0, 0.05) is 28.9 Å². The first-order valence-corrected chi connectivity index (χ1v) is 10.3. The molecule has 1 aromatic heterocycles. The molecule has 0 saturated carbocycles. The number of amides is 1. The van der Waals surface area contributed by atoms with Gasteiger partial charge in [-0.2, -0.15) is 4.31 Å². The molecule has 134 valence electrons. The number of sulfonamides is 1. The molecule has 0 radical (unpaired) electrons. The van der Waals surface area contributed by atoms with E-state index in [1.807, 2.05) is 12.1 Å². The van der Waals surface area contributed by atoms with Crippen LogP contribution in [0, 0.1) is 13.8 Å². The minimum absolute atomic E-state index is 0.216. The minimum Gasteiger partial charge on any atom is -0.353 e. The maximum atomic E-state index is 12.9. The highest BCUT2D eigenvalue weighted by Crippen LogP contribution is 2.29. The maximum Gasteiger partial charge on any atom is 0.272 e. The number of benzene rings is 1. The van der Waals surface area contributed by atoms with Crippen LogP contribution in [0.3, 0.4) is 0 Å². The van der Waals surface area contributed by atoms with Crippen molar-refractivity contribution >= 4 is 37.5 Å². The Labute approximate surface area is 155 Å². The van der Waals surface area contributed by atoms with E-state index >= 15 is 0 Å². The number of halogens is 1. The van der Waals surface area contributed by atoms with Gasteiger partial charge < -0.3 is 10.3 Å². The second-order valence-corrected chi connectivity index (χ2v) is 8.95. The third-order valence-electron chi connectivity index (χ3n) is 4.34. The Hall–Kier alpha value is -1.64. The molecule has 8 heteroatoms. The zero-order valence-corrected chi connectivity index (χ0v) is 16.5. The summed E-state index contributed by atoms with van der Waals surface area (Å²) in [6.07, 6.45) is 1.75. The van der Waals surface area contributed by atoms with E-state index in [0.29, 0.717) is 30.0 Å². The molecule has 1 aliphatic rings. The molecule has 1 aromatic carbocycles. The molecule has 1 saturated heterocycles.